The van der Waals surface area contributed by atoms with Gasteiger partial charge in [-0.2, -0.15) is 8.42 Å². The molecule has 2 rings (SSSR count). The zero-order chi connectivity index (χ0) is 13.5. The summed E-state index contributed by atoms with van der Waals surface area (Å²) in [7, 11) is -4.44. The maximum Gasteiger partial charge on any atom is 1.00 e. The molecule has 1 aromatic rings. The Bertz CT molecular complexity index is 628. The van der Waals surface area contributed by atoms with E-state index in [0.717, 1.165) is 5.04 Å². The van der Waals surface area contributed by atoms with Gasteiger partial charge in [0.1, 0.15) is 10.6 Å². The van der Waals surface area contributed by atoms with Crippen molar-refractivity contribution in [2.45, 2.75) is 24.0 Å². The van der Waals surface area contributed by atoms with Crippen molar-refractivity contribution in [2.75, 3.05) is 6.54 Å². The van der Waals surface area contributed by atoms with Gasteiger partial charge in [0.05, 0.1) is 11.6 Å². The minimum atomic E-state index is -4.44. The zero-order valence-electron chi connectivity index (χ0n) is 10.9. The van der Waals surface area contributed by atoms with E-state index in [1.807, 2.05) is 6.92 Å². The maximum atomic E-state index is 11.3. The number of phenolic OH excluding ortho intramolecular Hbond substituents is 1. The van der Waals surface area contributed by atoms with Gasteiger partial charge in [-0.15, -0.1) is 11.8 Å². The average Bonchev–Trinajstić information content (AvgIpc) is 2.62. The van der Waals surface area contributed by atoms with Crippen LogP contribution >= 0.6 is 11.8 Å². The number of aromatic hydroxyl groups is 1. The van der Waals surface area contributed by atoms with Gasteiger partial charge in [-0.3, -0.25) is 9.55 Å². The van der Waals surface area contributed by atoms with Crippen molar-refractivity contribution in [3.8, 4) is 5.75 Å². The van der Waals surface area contributed by atoms with E-state index < -0.39 is 20.8 Å². The molecule has 0 spiro atoms. The van der Waals surface area contributed by atoms with Crippen LogP contribution in [0.5, 0.6) is 5.75 Å². The number of aliphatic imine (C=N–C) groups is 1. The molecule has 5 nitrogen and oxygen atoms in total. The second kappa shape index (κ2) is 6.15. The topological polar surface area (TPSA) is 87.0 Å². The number of hydrogen-bond donors (Lipinski definition) is 2. The predicted octanol–water partition coefficient (Wildman–Crippen LogP) is -1.17. The molecule has 1 heterocycles. The molecular weight excluding hydrogens is 297 g/mol. The largest absolute Gasteiger partial charge is 1.00 e. The quantitative estimate of drug-likeness (QED) is 0.531. The van der Waals surface area contributed by atoms with Crippen LogP contribution in [0.3, 0.4) is 0 Å². The first-order chi connectivity index (χ1) is 8.30. The van der Waals surface area contributed by atoms with Crippen LogP contribution in [0.1, 0.15) is 18.1 Å². The second-order valence-corrected chi connectivity index (χ2v) is 6.92. The van der Waals surface area contributed by atoms with Gasteiger partial charge in [0.2, 0.25) is 0 Å². The van der Waals surface area contributed by atoms with Crippen LogP contribution in [0, 0.1) is 6.92 Å². The molecule has 1 aliphatic rings. The zero-order valence-corrected chi connectivity index (χ0v) is 14.5. The molecule has 1 unspecified atom stereocenters. The fraction of sp³-hybridized carbons (Fsp3) is 0.364. The molecule has 0 bridgehead atoms. The number of benzene rings is 1. The van der Waals surface area contributed by atoms with Gasteiger partial charge in [0.15, 0.2) is 0 Å². The van der Waals surface area contributed by atoms with E-state index in [9.17, 15) is 13.5 Å². The first-order valence-corrected chi connectivity index (χ1v) is 7.64. The van der Waals surface area contributed by atoms with E-state index in [1.165, 1.54) is 6.07 Å². The van der Waals surface area contributed by atoms with Gasteiger partial charge in [0, 0.05) is 10.8 Å². The van der Waals surface area contributed by atoms with Crippen LogP contribution in [0.4, 0.5) is 0 Å². The van der Waals surface area contributed by atoms with Crippen LogP contribution in [0.25, 0.3) is 0 Å². The Kier molecular flexibility index (Phi) is 5.51. The summed E-state index contributed by atoms with van der Waals surface area (Å²) in [5, 5.41) is 10.7. The summed E-state index contributed by atoms with van der Waals surface area (Å²) in [6.45, 7) is 4.26. The van der Waals surface area contributed by atoms with E-state index in [1.54, 1.807) is 24.8 Å². The Morgan fingerprint density at radius 3 is 2.53 bits per heavy atom. The standard InChI is InChI=1S/C11H13NO4S2.Na/c1-6-5-12-11(17-6)8-3-4-9(13)10(7(8)2)18(14,15)16;/h3-4,6,13H,5H2,1-2H3,(H,14,15,16);/q;+1. The van der Waals surface area contributed by atoms with Crippen LogP contribution in [0.2, 0.25) is 0 Å². The maximum absolute atomic E-state index is 11.3. The summed E-state index contributed by atoms with van der Waals surface area (Å²) in [6.07, 6.45) is 0. The van der Waals surface area contributed by atoms with Gasteiger partial charge in [-0.05, 0) is 24.6 Å². The molecule has 0 fully saturated rings. The van der Waals surface area contributed by atoms with Gasteiger partial charge in [-0.25, -0.2) is 0 Å². The van der Waals surface area contributed by atoms with Gasteiger partial charge < -0.3 is 5.11 Å². The molecule has 0 radical (unpaired) electrons. The Morgan fingerprint density at radius 2 is 2.05 bits per heavy atom. The molecule has 1 atom stereocenters. The molecule has 0 amide bonds. The molecule has 0 aromatic heterocycles. The Hall–Kier alpha value is -0.0500. The number of thioether (sulfide) groups is 1. The summed E-state index contributed by atoms with van der Waals surface area (Å²) in [5.74, 6) is -0.449. The summed E-state index contributed by atoms with van der Waals surface area (Å²) < 4.78 is 31.6. The Labute approximate surface area is 138 Å². The first kappa shape index (κ1) is 17.0. The molecule has 0 saturated carbocycles. The van der Waals surface area contributed by atoms with Crippen molar-refractivity contribution in [2.24, 2.45) is 4.99 Å². The predicted molar refractivity (Wildman–Crippen MR) is 71.1 cm³/mol. The average molecular weight is 310 g/mol. The minimum absolute atomic E-state index is 0. The summed E-state index contributed by atoms with van der Waals surface area (Å²) in [4.78, 5) is 3.88. The van der Waals surface area contributed by atoms with Crippen molar-refractivity contribution in [3.63, 3.8) is 0 Å². The van der Waals surface area contributed by atoms with E-state index in [4.69, 9.17) is 4.55 Å². The van der Waals surface area contributed by atoms with Crippen LogP contribution in [0.15, 0.2) is 22.0 Å². The van der Waals surface area contributed by atoms with Crippen LogP contribution < -0.4 is 29.6 Å². The molecule has 2 N–H and O–H groups in total. The van der Waals surface area contributed by atoms with Gasteiger partial charge in [0.25, 0.3) is 10.1 Å². The molecule has 19 heavy (non-hydrogen) atoms. The van der Waals surface area contributed by atoms with Crippen molar-refractivity contribution < 1.29 is 47.6 Å². The van der Waals surface area contributed by atoms with Crippen LogP contribution in [-0.2, 0) is 10.1 Å². The first-order valence-electron chi connectivity index (χ1n) is 5.32. The third-order valence-electron chi connectivity index (χ3n) is 2.68. The number of phenols is 1. The van der Waals surface area contributed by atoms with Gasteiger partial charge in [-0.1, -0.05) is 6.92 Å². The summed E-state index contributed by atoms with van der Waals surface area (Å²) in [5.41, 5.74) is 0.952. The molecule has 0 saturated heterocycles. The van der Waals surface area contributed by atoms with Gasteiger partial charge >= 0.3 is 29.6 Å². The van der Waals surface area contributed by atoms with Crippen LogP contribution in [-0.4, -0.2) is 34.9 Å². The number of rotatable bonds is 2. The van der Waals surface area contributed by atoms with Crippen molar-refractivity contribution in [1.29, 1.82) is 0 Å². The molecule has 98 valence electrons. The SMILES string of the molecule is Cc1c(C2=NCC(C)S2)ccc(O)c1S(=O)(=O)O.[Na+]. The fourth-order valence-corrected chi connectivity index (χ4v) is 3.72. The van der Waals surface area contributed by atoms with E-state index >= 15 is 0 Å². The number of hydrogen-bond acceptors (Lipinski definition) is 5. The molecule has 1 aliphatic heterocycles. The molecule has 0 aliphatic carbocycles. The fourth-order valence-electron chi connectivity index (χ4n) is 1.86. The third kappa shape index (κ3) is 3.53. The molecule has 1 aromatic carbocycles. The second-order valence-electron chi connectivity index (χ2n) is 4.14. The van der Waals surface area contributed by atoms with Crippen molar-refractivity contribution >= 4 is 26.9 Å². The Balaban J connectivity index is 0.00000180. The molecule has 8 heteroatoms. The third-order valence-corrected chi connectivity index (χ3v) is 4.83. The van der Waals surface area contributed by atoms with Crippen molar-refractivity contribution in [1.82, 2.24) is 0 Å². The minimum Gasteiger partial charge on any atom is -0.506 e. The number of nitrogens with zero attached hydrogens (tertiary/aromatic N) is 1. The smallest absolute Gasteiger partial charge is 0.506 e. The normalized spacial score (nSPS) is 18.9. The van der Waals surface area contributed by atoms with E-state index in [0.29, 0.717) is 22.9 Å². The Morgan fingerprint density at radius 1 is 1.42 bits per heavy atom. The monoisotopic (exact) mass is 310 g/mol. The van der Waals surface area contributed by atoms with E-state index in [2.05, 4.69) is 4.99 Å². The summed E-state index contributed by atoms with van der Waals surface area (Å²) >= 11 is 1.55. The summed E-state index contributed by atoms with van der Waals surface area (Å²) in [6, 6.07) is 2.88. The van der Waals surface area contributed by atoms with E-state index in [-0.39, 0.29) is 29.6 Å². The van der Waals surface area contributed by atoms with Crippen molar-refractivity contribution in [3.05, 3.63) is 23.3 Å². The molecular formula is C11H13NNaO4S2+.